The summed E-state index contributed by atoms with van der Waals surface area (Å²) in [7, 11) is 0. The average molecular weight is 178 g/mol. The number of amidine groups is 1. The Hall–Kier alpha value is -0.670. The summed E-state index contributed by atoms with van der Waals surface area (Å²) in [4.78, 5) is 3.77. The van der Waals surface area contributed by atoms with Crippen molar-refractivity contribution in [3.63, 3.8) is 0 Å². The molecule has 0 saturated carbocycles. The minimum absolute atomic E-state index is 0.235. The summed E-state index contributed by atoms with van der Waals surface area (Å²) in [5.74, 6) is 0.567. The van der Waals surface area contributed by atoms with Gasteiger partial charge in [-0.15, -0.1) is 0 Å². The first-order chi connectivity index (χ1) is 5.43. The van der Waals surface area contributed by atoms with Gasteiger partial charge < -0.3 is 5.32 Å². The van der Waals surface area contributed by atoms with Crippen molar-refractivity contribution in [1.29, 1.82) is 0 Å². The van der Waals surface area contributed by atoms with E-state index < -0.39 is 12.5 Å². The van der Waals surface area contributed by atoms with Crippen LogP contribution in [0.3, 0.4) is 0 Å². The van der Waals surface area contributed by atoms with Crippen molar-refractivity contribution in [3.05, 3.63) is 0 Å². The van der Waals surface area contributed by atoms with E-state index in [2.05, 4.69) is 10.3 Å². The molecule has 0 saturated heterocycles. The van der Waals surface area contributed by atoms with E-state index >= 15 is 0 Å². The van der Waals surface area contributed by atoms with Crippen LogP contribution in [-0.4, -0.2) is 24.3 Å². The standard InChI is InChI=1S/C8H16F2N2/c1-5(2)11-7(4)12-6(3)8(9)10/h5-6,8H,1-4H3,(H,11,12). The molecule has 0 aliphatic carbocycles. The number of nitrogens with one attached hydrogen (secondary N) is 1. The molecule has 1 atom stereocenters. The second kappa shape index (κ2) is 5.06. The Bertz CT molecular complexity index is 155. The van der Waals surface area contributed by atoms with Gasteiger partial charge in [0.15, 0.2) is 0 Å². The zero-order valence-electron chi connectivity index (χ0n) is 7.94. The highest BCUT2D eigenvalue weighted by molar-refractivity contribution is 5.79. The third-order valence-corrected chi connectivity index (χ3v) is 1.26. The number of aliphatic imine (C=N–C) groups is 1. The van der Waals surface area contributed by atoms with Crippen molar-refractivity contribution in [1.82, 2.24) is 5.32 Å². The molecular formula is C8H16F2N2. The number of halogens is 2. The predicted molar refractivity (Wildman–Crippen MR) is 46.8 cm³/mol. The lowest BCUT2D eigenvalue weighted by Gasteiger charge is -2.11. The van der Waals surface area contributed by atoms with Gasteiger partial charge in [-0.3, -0.25) is 4.99 Å². The maximum atomic E-state index is 12.0. The Labute approximate surface area is 72.1 Å². The largest absolute Gasteiger partial charge is 0.372 e. The topological polar surface area (TPSA) is 24.4 Å². The van der Waals surface area contributed by atoms with Crippen molar-refractivity contribution in [2.75, 3.05) is 0 Å². The quantitative estimate of drug-likeness (QED) is 0.519. The molecule has 0 rings (SSSR count). The van der Waals surface area contributed by atoms with Gasteiger partial charge in [-0.05, 0) is 27.7 Å². The van der Waals surface area contributed by atoms with Gasteiger partial charge in [-0.1, -0.05) is 0 Å². The first kappa shape index (κ1) is 11.3. The first-order valence-corrected chi connectivity index (χ1v) is 4.02. The second-order valence-corrected chi connectivity index (χ2v) is 3.09. The molecule has 2 nitrogen and oxygen atoms in total. The smallest absolute Gasteiger partial charge is 0.260 e. The van der Waals surface area contributed by atoms with E-state index in [1.54, 1.807) is 6.92 Å². The van der Waals surface area contributed by atoms with Crippen LogP contribution in [-0.2, 0) is 0 Å². The molecular weight excluding hydrogens is 162 g/mol. The van der Waals surface area contributed by atoms with E-state index in [0.29, 0.717) is 5.84 Å². The Kier molecular flexibility index (Phi) is 4.78. The van der Waals surface area contributed by atoms with Crippen LogP contribution >= 0.6 is 0 Å². The summed E-state index contributed by atoms with van der Waals surface area (Å²) in [5.41, 5.74) is 0. The van der Waals surface area contributed by atoms with E-state index in [4.69, 9.17) is 0 Å². The van der Waals surface area contributed by atoms with Gasteiger partial charge in [-0.2, -0.15) is 0 Å². The van der Waals surface area contributed by atoms with Gasteiger partial charge in [0.25, 0.3) is 6.43 Å². The number of hydrogen-bond acceptors (Lipinski definition) is 1. The van der Waals surface area contributed by atoms with Crippen molar-refractivity contribution >= 4 is 5.84 Å². The fraction of sp³-hybridized carbons (Fsp3) is 0.875. The van der Waals surface area contributed by atoms with Crippen molar-refractivity contribution < 1.29 is 8.78 Å². The summed E-state index contributed by atoms with van der Waals surface area (Å²) in [6, 6.07) is -0.685. The highest BCUT2D eigenvalue weighted by Crippen LogP contribution is 2.03. The summed E-state index contributed by atoms with van der Waals surface area (Å²) < 4.78 is 24.0. The van der Waals surface area contributed by atoms with E-state index in [0.717, 1.165) is 0 Å². The van der Waals surface area contributed by atoms with Gasteiger partial charge in [0.2, 0.25) is 0 Å². The highest BCUT2D eigenvalue weighted by atomic mass is 19.3. The lowest BCUT2D eigenvalue weighted by Crippen LogP contribution is -2.29. The molecule has 0 radical (unpaired) electrons. The van der Waals surface area contributed by atoms with E-state index in [1.165, 1.54) is 6.92 Å². The van der Waals surface area contributed by atoms with Crippen molar-refractivity contribution in [3.8, 4) is 0 Å². The third-order valence-electron chi connectivity index (χ3n) is 1.26. The Morgan fingerprint density at radius 1 is 1.25 bits per heavy atom. The molecule has 0 aliphatic rings. The van der Waals surface area contributed by atoms with Crippen LogP contribution in [0.4, 0.5) is 8.78 Å². The fourth-order valence-corrected chi connectivity index (χ4v) is 0.817. The van der Waals surface area contributed by atoms with Gasteiger partial charge in [0.1, 0.15) is 6.04 Å². The zero-order valence-corrected chi connectivity index (χ0v) is 7.94. The molecule has 0 aromatic heterocycles. The maximum absolute atomic E-state index is 12.0. The zero-order chi connectivity index (χ0) is 9.72. The van der Waals surface area contributed by atoms with Gasteiger partial charge in [0, 0.05) is 6.04 Å². The second-order valence-electron chi connectivity index (χ2n) is 3.09. The molecule has 0 aromatic rings. The van der Waals surface area contributed by atoms with E-state index in [-0.39, 0.29) is 6.04 Å². The van der Waals surface area contributed by atoms with Crippen LogP contribution in [0, 0.1) is 0 Å². The van der Waals surface area contributed by atoms with Crippen LogP contribution in [0.1, 0.15) is 27.7 Å². The van der Waals surface area contributed by atoms with Crippen LogP contribution in [0.2, 0.25) is 0 Å². The monoisotopic (exact) mass is 178 g/mol. The Morgan fingerprint density at radius 3 is 2.08 bits per heavy atom. The molecule has 0 amide bonds. The molecule has 0 heterocycles. The molecule has 0 aromatic carbocycles. The third kappa shape index (κ3) is 5.04. The summed E-state index contributed by atoms with van der Waals surface area (Å²) in [6.07, 6.45) is -2.38. The van der Waals surface area contributed by atoms with Gasteiger partial charge >= 0.3 is 0 Å². The first-order valence-electron chi connectivity index (χ1n) is 4.02. The molecule has 1 unspecified atom stereocenters. The molecule has 4 heteroatoms. The molecule has 1 N–H and O–H groups in total. The molecule has 72 valence electrons. The van der Waals surface area contributed by atoms with Crippen LogP contribution in [0.15, 0.2) is 4.99 Å². The summed E-state index contributed by atoms with van der Waals surface area (Å²) >= 11 is 0. The summed E-state index contributed by atoms with van der Waals surface area (Å²) in [5, 5.41) is 2.95. The van der Waals surface area contributed by atoms with E-state index in [1.807, 2.05) is 13.8 Å². The molecule has 0 aliphatic heterocycles. The number of nitrogens with zero attached hydrogens (tertiary/aromatic N) is 1. The average Bonchev–Trinajstić information content (AvgIpc) is 1.84. The predicted octanol–water partition coefficient (Wildman–Crippen LogP) is 2.06. The lowest BCUT2D eigenvalue weighted by molar-refractivity contribution is 0.124. The molecule has 0 bridgehead atoms. The number of hydrogen-bond donors (Lipinski definition) is 1. The Morgan fingerprint density at radius 2 is 1.75 bits per heavy atom. The van der Waals surface area contributed by atoms with Crippen LogP contribution < -0.4 is 5.32 Å². The van der Waals surface area contributed by atoms with Crippen LogP contribution in [0.5, 0.6) is 0 Å². The van der Waals surface area contributed by atoms with Gasteiger partial charge in [-0.25, -0.2) is 8.78 Å². The minimum Gasteiger partial charge on any atom is -0.372 e. The number of alkyl halides is 2. The van der Waals surface area contributed by atoms with E-state index in [9.17, 15) is 8.78 Å². The normalized spacial score (nSPS) is 15.5. The van der Waals surface area contributed by atoms with Crippen LogP contribution in [0.25, 0.3) is 0 Å². The Balaban J connectivity index is 3.97. The SMILES string of the molecule is CC(=NC(C)C(F)F)NC(C)C. The molecule has 0 fully saturated rings. The maximum Gasteiger partial charge on any atom is 0.260 e. The number of rotatable bonds is 3. The van der Waals surface area contributed by atoms with Crippen molar-refractivity contribution in [2.45, 2.75) is 46.2 Å². The molecule has 0 spiro atoms. The highest BCUT2D eigenvalue weighted by Gasteiger charge is 2.12. The summed E-state index contributed by atoms with van der Waals surface area (Å²) in [6.45, 7) is 6.97. The minimum atomic E-state index is -2.38. The fourth-order valence-electron chi connectivity index (χ4n) is 0.817. The van der Waals surface area contributed by atoms with Gasteiger partial charge in [0.05, 0.1) is 5.84 Å². The van der Waals surface area contributed by atoms with Crippen molar-refractivity contribution in [2.24, 2.45) is 4.99 Å². The molecule has 12 heavy (non-hydrogen) atoms. The lowest BCUT2D eigenvalue weighted by atomic mass is 10.3.